The molecule has 2 aromatic heterocycles. The molecule has 140 valence electrons. The Hall–Kier alpha value is -3.47. The van der Waals surface area contributed by atoms with Gasteiger partial charge in [-0.3, -0.25) is 4.79 Å². The highest BCUT2D eigenvalue weighted by Gasteiger charge is 2.48. The van der Waals surface area contributed by atoms with Crippen molar-refractivity contribution in [2.24, 2.45) is 5.73 Å². The zero-order valence-electron chi connectivity index (χ0n) is 15.4. The first kappa shape index (κ1) is 16.7. The molecular weight excluding hydrogens is 354 g/mol. The molecule has 2 bridgehead atoms. The number of amides is 1. The van der Waals surface area contributed by atoms with Gasteiger partial charge in [-0.2, -0.15) is 15.0 Å². The Morgan fingerprint density at radius 3 is 2.89 bits per heavy atom. The molecule has 1 aromatic carbocycles. The molecule has 2 fully saturated rings. The zero-order valence-corrected chi connectivity index (χ0v) is 15.4. The van der Waals surface area contributed by atoms with E-state index in [0.29, 0.717) is 11.5 Å². The zero-order chi connectivity index (χ0) is 19.4. The molecule has 1 amide bonds. The third kappa shape index (κ3) is 2.36. The van der Waals surface area contributed by atoms with Gasteiger partial charge in [0, 0.05) is 40.8 Å². The van der Waals surface area contributed by atoms with E-state index >= 15 is 0 Å². The lowest BCUT2D eigenvalue weighted by molar-refractivity contribution is 0.100. The molecule has 0 aliphatic carbocycles. The molecule has 8 heteroatoms. The summed E-state index contributed by atoms with van der Waals surface area (Å²) in [5.41, 5.74) is 8.51. The van der Waals surface area contributed by atoms with Crippen molar-refractivity contribution in [3.05, 3.63) is 47.4 Å². The molecule has 0 saturated carbocycles. The number of rotatable bonds is 3. The van der Waals surface area contributed by atoms with Gasteiger partial charge < -0.3 is 10.6 Å². The third-order valence-electron chi connectivity index (χ3n) is 5.97. The molecule has 2 saturated heterocycles. The standard InChI is InChI=1S/C20H19N7O/c1-11-6-7-23-20(24-11)27-17-4-2-12(19(22)28)8-14(17)18(25-27)15-9-13-3-5-16(15)26(13)10-21/h2,4,6-8,13,15-16H,3,5,9H2,1H3,(H2,22,28). The molecule has 4 heterocycles. The molecule has 3 unspecified atom stereocenters. The van der Waals surface area contributed by atoms with Crippen LogP contribution in [0, 0.1) is 18.4 Å². The summed E-state index contributed by atoms with van der Waals surface area (Å²) < 4.78 is 1.73. The molecule has 2 N–H and O–H groups in total. The quantitative estimate of drug-likeness (QED) is 0.703. The van der Waals surface area contributed by atoms with Crippen molar-refractivity contribution in [1.82, 2.24) is 24.6 Å². The SMILES string of the molecule is Cc1ccnc(-n2nc(C3CC4CCC3N4C#N)c3cc(C(N)=O)ccc32)n1. The Balaban J connectivity index is 1.71. The van der Waals surface area contributed by atoms with Gasteiger partial charge in [0.1, 0.15) is 0 Å². The van der Waals surface area contributed by atoms with Crippen molar-refractivity contribution in [3.8, 4) is 12.1 Å². The van der Waals surface area contributed by atoms with Crippen LogP contribution >= 0.6 is 0 Å². The second-order valence-corrected chi connectivity index (χ2v) is 7.54. The lowest BCUT2D eigenvalue weighted by atomic mass is 9.85. The van der Waals surface area contributed by atoms with Crippen molar-refractivity contribution < 1.29 is 4.79 Å². The minimum absolute atomic E-state index is 0.134. The Morgan fingerprint density at radius 1 is 1.32 bits per heavy atom. The normalized spacial score (nSPS) is 23.3. The summed E-state index contributed by atoms with van der Waals surface area (Å²) in [5.74, 6) is 0.150. The summed E-state index contributed by atoms with van der Waals surface area (Å²) in [5, 5.41) is 15.3. The van der Waals surface area contributed by atoms with Gasteiger partial charge in [0.15, 0.2) is 6.19 Å². The maximum atomic E-state index is 11.7. The number of carbonyl (C=O) groups excluding carboxylic acids is 1. The van der Waals surface area contributed by atoms with Gasteiger partial charge in [0.2, 0.25) is 5.91 Å². The maximum absolute atomic E-state index is 11.7. The molecule has 0 radical (unpaired) electrons. The van der Waals surface area contributed by atoms with Crippen molar-refractivity contribution in [3.63, 3.8) is 0 Å². The first-order valence-electron chi connectivity index (χ1n) is 9.37. The molecule has 3 atom stereocenters. The fourth-order valence-corrected chi connectivity index (χ4v) is 4.70. The van der Waals surface area contributed by atoms with Crippen LogP contribution < -0.4 is 5.73 Å². The van der Waals surface area contributed by atoms with Gasteiger partial charge in [-0.1, -0.05) is 0 Å². The summed E-state index contributed by atoms with van der Waals surface area (Å²) in [6.45, 7) is 1.91. The van der Waals surface area contributed by atoms with E-state index in [1.807, 2.05) is 24.0 Å². The second kappa shape index (κ2) is 6.02. The smallest absolute Gasteiger partial charge is 0.251 e. The molecule has 28 heavy (non-hydrogen) atoms. The van der Waals surface area contributed by atoms with Crippen LogP contribution in [0.4, 0.5) is 0 Å². The van der Waals surface area contributed by atoms with Gasteiger partial charge in [-0.15, -0.1) is 0 Å². The average Bonchev–Trinajstić information content (AvgIpc) is 3.37. The van der Waals surface area contributed by atoms with E-state index in [4.69, 9.17) is 10.8 Å². The molecule has 5 rings (SSSR count). The minimum Gasteiger partial charge on any atom is -0.366 e. The largest absolute Gasteiger partial charge is 0.366 e. The Labute approximate surface area is 161 Å². The van der Waals surface area contributed by atoms with E-state index in [2.05, 4.69) is 16.2 Å². The van der Waals surface area contributed by atoms with E-state index in [0.717, 1.165) is 41.6 Å². The summed E-state index contributed by atoms with van der Waals surface area (Å²) in [6, 6.07) is 7.60. The average molecular weight is 373 g/mol. The lowest BCUT2D eigenvalue weighted by Crippen LogP contribution is -2.24. The summed E-state index contributed by atoms with van der Waals surface area (Å²) in [7, 11) is 0. The number of fused-ring (bicyclic) bond motifs is 3. The van der Waals surface area contributed by atoms with Crippen LogP contribution in [0.25, 0.3) is 16.9 Å². The first-order chi connectivity index (χ1) is 13.6. The van der Waals surface area contributed by atoms with Crippen LogP contribution in [-0.4, -0.2) is 42.6 Å². The third-order valence-corrected chi connectivity index (χ3v) is 5.97. The lowest BCUT2D eigenvalue weighted by Gasteiger charge is -2.19. The molecule has 3 aromatic rings. The predicted molar refractivity (Wildman–Crippen MR) is 102 cm³/mol. The summed E-state index contributed by atoms with van der Waals surface area (Å²) in [6.07, 6.45) is 6.97. The fourth-order valence-electron chi connectivity index (χ4n) is 4.70. The summed E-state index contributed by atoms with van der Waals surface area (Å²) >= 11 is 0. The Kier molecular flexibility index (Phi) is 3.59. The molecule has 0 spiro atoms. The van der Waals surface area contributed by atoms with Crippen molar-refractivity contribution in [1.29, 1.82) is 5.26 Å². The number of carbonyl (C=O) groups is 1. The molecule has 8 nitrogen and oxygen atoms in total. The molecule has 2 aliphatic heterocycles. The number of nitrogens with two attached hydrogens (primary N) is 1. The van der Waals surface area contributed by atoms with Crippen LogP contribution in [0.15, 0.2) is 30.5 Å². The monoisotopic (exact) mass is 373 g/mol. The fraction of sp³-hybridized carbons (Fsp3) is 0.350. The summed E-state index contributed by atoms with van der Waals surface area (Å²) in [4.78, 5) is 22.5. The van der Waals surface area contributed by atoms with Crippen LogP contribution in [0.5, 0.6) is 0 Å². The van der Waals surface area contributed by atoms with Crippen LogP contribution in [0.1, 0.15) is 46.9 Å². The number of hydrogen-bond donors (Lipinski definition) is 1. The van der Waals surface area contributed by atoms with Gasteiger partial charge in [-0.05, 0) is 50.5 Å². The van der Waals surface area contributed by atoms with Crippen molar-refractivity contribution in [2.45, 2.75) is 44.2 Å². The van der Waals surface area contributed by atoms with Gasteiger partial charge in [0.25, 0.3) is 5.95 Å². The number of aryl methyl sites for hydroxylation is 1. The number of nitrogens with zero attached hydrogens (tertiary/aromatic N) is 6. The number of benzene rings is 1. The predicted octanol–water partition coefficient (Wildman–Crippen LogP) is 2.02. The number of primary amides is 1. The first-order valence-corrected chi connectivity index (χ1v) is 9.37. The van der Waals surface area contributed by atoms with E-state index in [-0.39, 0.29) is 18.0 Å². The maximum Gasteiger partial charge on any atom is 0.251 e. The molecular formula is C20H19N7O. The molecule has 2 aliphatic rings. The highest BCUT2D eigenvalue weighted by atomic mass is 16.1. The minimum atomic E-state index is -0.473. The van der Waals surface area contributed by atoms with E-state index in [1.165, 1.54) is 0 Å². The van der Waals surface area contributed by atoms with Gasteiger partial charge >= 0.3 is 0 Å². The number of nitriles is 1. The Morgan fingerprint density at radius 2 is 2.18 bits per heavy atom. The van der Waals surface area contributed by atoms with Crippen LogP contribution in [0.3, 0.4) is 0 Å². The number of hydrogen-bond acceptors (Lipinski definition) is 6. The van der Waals surface area contributed by atoms with Crippen LogP contribution in [0.2, 0.25) is 0 Å². The van der Waals surface area contributed by atoms with E-state index < -0.39 is 5.91 Å². The van der Waals surface area contributed by atoms with E-state index in [1.54, 1.807) is 23.0 Å². The highest BCUT2D eigenvalue weighted by Crippen LogP contribution is 2.47. The van der Waals surface area contributed by atoms with E-state index in [9.17, 15) is 10.1 Å². The highest BCUT2D eigenvalue weighted by molar-refractivity contribution is 5.98. The topological polar surface area (TPSA) is 114 Å². The van der Waals surface area contributed by atoms with Gasteiger partial charge in [0.05, 0.1) is 11.2 Å². The second-order valence-electron chi connectivity index (χ2n) is 7.54. The van der Waals surface area contributed by atoms with Crippen LogP contribution in [-0.2, 0) is 0 Å². The van der Waals surface area contributed by atoms with Crippen molar-refractivity contribution >= 4 is 16.8 Å². The van der Waals surface area contributed by atoms with Crippen molar-refractivity contribution in [2.75, 3.05) is 0 Å². The number of aromatic nitrogens is 4. The Bertz CT molecular complexity index is 1150. The van der Waals surface area contributed by atoms with Gasteiger partial charge in [-0.25, -0.2) is 9.97 Å².